The quantitative estimate of drug-likeness (QED) is 0.664. The van der Waals surface area contributed by atoms with Crippen molar-refractivity contribution >= 4 is 21.2 Å². The molecule has 0 bridgehead atoms. The average molecular weight is 405 g/mol. The lowest BCUT2D eigenvalue weighted by Gasteiger charge is -2.12. The van der Waals surface area contributed by atoms with Crippen molar-refractivity contribution < 1.29 is 13.5 Å². The number of rotatable bonds is 6. The van der Waals surface area contributed by atoms with E-state index in [2.05, 4.69) is 12.0 Å². The first-order valence-electron chi connectivity index (χ1n) is 8.81. The molecule has 0 unspecified atom stereocenters. The SMILES string of the molecule is CCCn1nc(C(C)(C)O)cc1-c1ccc(-c2cccc(S(C)(=O)=O)c2)s1. The first-order chi connectivity index (χ1) is 12.6. The molecule has 1 N–H and O–H groups in total. The summed E-state index contributed by atoms with van der Waals surface area (Å²) >= 11 is 1.59. The summed E-state index contributed by atoms with van der Waals surface area (Å²) in [5.74, 6) is 0. The van der Waals surface area contributed by atoms with E-state index in [4.69, 9.17) is 0 Å². The van der Waals surface area contributed by atoms with E-state index >= 15 is 0 Å². The van der Waals surface area contributed by atoms with E-state index in [1.807, 2.05) is 28.9 Å². The number of hydrogen-bond acceptors (Lipinski definition) is 5. The summed E-state index contributed by atoms with van der Waals surface area (Å²) in [6, 6.07) is 12.9. The van der Waals surface area contributed by atoms with Gasteiger partial charge in [0.15, 0.2) is 9.84 Å². The zero-order chi connectivity index (χ0) is 19.8. The van der Waals surface area contributed by atoms with Crippen LogP contribution in [0, 0.1) is 0 Å². The molecule has 0 atom stereocenters. The van der Waals surface area contributed by atoms with Crippen LogP contribution in [0.2, 0.25) is 0 Å². The van der Waals surface area contributed by atoms with Gasteiger partial charge in [0, 0.05) is 17.7 Å². The minimum absolute atomic E-state index is 0.315. The van der Waals surface area contributed by atoms with Gasteiger partial charge in [0.05, 0.1) is 21.2 Å². The highest BCUT2D eigenvalue weighted by Gasteiger charge is 2.23. The molecule has 0 aliphatic rings. The molecule has 2 aromatic heterocycles. The van der Waals surface area contributed by atoms with Gasteiger partial charge in [-0.25, -0.2) is 8.42 Å². The second-order valence-electron chi connectivity index (χ2n) is 7.16. The molecule has 2 heterocycles. The summed E-state index contributed by atoms with van der Waals surface area (Å²) in [6.45, 7) is 6.31. The summed E-state index contributed by atoms with van der Waals surface area (Å²) in [5, 5.41) is 14.9. The van der Waals surface area contributed by atoms with Crippen molar-refractivity contribution in [2.45, 2.75) is 44.2 Å². The van der Waals surface area contributed by atoms with Gasteiger partial charge in [0.1, 0.15) is 5.60 Å². The van der Waals surface area contributed by atoms with Crippen LogP contribution in [0.25, 0.3) is 21.0 Å². The Hall–Kier alpha value is -1.96. The predicted molar refractivity (Wildman–Crippen MR) is 110 cm³/mol. The maximum atomic E-state index is 11.8. The Bertz CT molecular complexity index is 1060. The molecule has 0 radical (unpaired) electrons. The molecular formula is C20H24N2O3S2. The molecule has 3 rings (SSSR count). The molecule has 0 spiro atoms. The number of hydrogen-bond donors (Lipinski definition) is 1. The van der Waals surface area contributed by atoms with Gasteiger partial charge in [0.25, 0.3) is 0 Å². The molecule has 0 aliphatic heterocycles. The third-order valence-electron chi connectivity index (χ3n) is 4.25. The Morgan fingerprint density at radius 3 is 2.48 bits per heavy atom. The largest absolute Gasteiger partial charge is 0.384 e. The lowest BCUT2D eigenvalue weighted by molar-refractivity contribution is 0.0730. The minimum atomic E-state index is -3.24. The first kappa shape index (κ1) is 19.8. The zero-order valence-electron chi connectivity index (χ0n) is 15.9. The molecule has 7 heteroatoms. The molecule has 0 fully saturated rings. The maximum Gasteiger partial charge on any atom is 0.175 e. The third-order valence-corrected chi connectivity index (χ3v) is 6.51. The fraction of sp³-hybridized carbons (Fsp3) is 0.350. The third kappa shape index (κ3) is 4.31. The summed E-state index contributed by atoms with van der Waals surface area (Å²) in [5.41, 5.74) is 1.47. The fourth-order valence-corrected chi connectivity index (χ4v) is 4.50. The van der Waals surface area contributed by atoms with Gasteiger partial charge in [-0.3, -0.25) is 4.68 Å². The Morgan fingerprint density at radius 2 is 1.85 bits per heavy atom. The molecule has 0 aliphatic carbocycles. The molecule has 0 saturated heterocycles. The minimum Gasteiger partial charge on any atom is -0.384 e. The maximum absolute atomic E-state index is 11.8. The highest BCUT2D eigenvalue weighted by atomic mass is 32.2. The molecule has 3 aromatic rings. The Labute approximate surface area is 164 Å². The highest BCUT2D eigenvalue weighted by Crippen LogP contribution is 2.36. The van der Waals surface area contributed by atoms with Gasteiger partial charge < -0.3 is 5.11 Å². The Morgan fingerprint density at radius 1 is 1.15 bits per heavy atom. The summed E-state index contributed by atoms with van der Waals surface area (Å²) < 4.78 is 25.6. The van der Waals surface area contributed by atoms with Crippen LogP contribution < -0.4 is 0 Å². The standard InChI is InChI=1S/C20H24N2O3S2/c1-5-11-22-16(13-19(21-22)20(2,3)23)18-10-9-17(26-18)14-7-6-8-15(12-14)27(4,24)25/h6-10,12-13,23H,5,11H2,1-4H3. The van der Waals surface area contributed by atoms with Crippen molar-refractivity contribution in [3.8, 4) is 21.0 Å². The van der Waals surface area contributed by atoms with Crippen LogP contribution in [0.15, 0.2) is 47.4 Å². The van der Waals surface area contributed by atoms with Crippen molar-refractivity contribution in [1.29, 1.82) is 0 Å². The van der Waals surface area contributed by atoms with Gasteiger partial charge in [0.2, 0.25) is 0 Å². The van der Waals surface area contributed by atoms with E-state index in [1.165, 1.54) is 6.26 Å². The number of thiophene rings is 1. The van der Waals surface area contributed by atoms with Crippen molar-refractivity contribution in [3.05, 3.63) is 48.2 Å². The predicted octanol–water partition coefficient (Wildman–Crippen LogP) is 4.32. The van der Waals surface area contributed by atoms with Crippen molar-refractivity contribution in [2.75, 3.05) is 6.26 Å². The van der Waals surface area contributed by atoms with Crippen LogP contribution in [0.5, 0.6) is 0 Å². The van der Waals surface area contributed by atoms with Gasteiger partial charge in [-0.2, -0.15) is 5.10 Å². The highest BCUT2D eigenvalue weighted by molar-refractivity contribution is 7.90. The summed E-state index contributed by atoms with van der Waals surface area (Å²) in [7, 11) is -3.24. The molecule has 0 saturated carbocycles. The molecule has 5 nitrogen and oxygen atoms in total. The zero-order valence-corrected chi connectivity index (χ0v) is 17.6. The summed E-state index contributed by atoms with van der Waals surface area (Å²) in [6.07, 6.45) is 2.15. The topological polar surface area (TPSA) is 72.2 Å². The number of aromatic nitrogens is 2. The number of aliphatic hydroxyl groups is 1. The number of aryl methyl sites for hydroxylation is 1. The van der Waals surface area contributed by atoms with Gasteiger partial charge in [-0.05, 0) is 56.2 Å². The Kier molecular flexibility index (Phi) is 5.29. The monoisotopic (exact) mass is 404 g/mol. The van der Waals surface area contributed by atoms with E-state index in [-0.39, 0.29) is 0 Å². The fourth-order valence-electron chi connectivity index (χ4n) is 2.81. The summed E-state index contributed by atoms with van der Waals surface area (Å²) in [4.78, 5) is 2.34. The number of nitrogens with zero attached hydrogens (tertiary/aromatic N) is 2. The van der Waals surface area contributed by atoms with Gasteiger partial charge >= 0.3 is 0 Å². The van der Waals surface area contributed by atoms with Gasteiger partial charge in [-0.15, -0.1) is 11.3 Å². The lowest BCUT2D eigenvalue weighted by atomic mass is 10.1. The average Bonchev–Trinajstić information content (AvgIpc) is 3.21. The van der Waals surface area contributed by atoms with E-state index in [9.17, 15) is 13.5 Å². The van der Waals surface area contributed by atoms with Crippen LogP contribution in [0.4, 0.5) is 0 Å². The van der Waals surface area contributed by atoms with Gasteiger partial charge in [-0.1, -0.05) is 19.1 Å². The molecule has 144 valence electrons. The van der Waals surface area contributed by atoms with Crippen LogP contribution in [0.1, 0.15) is 32.9 Å². The van der Waals surface area contributed by atoms with Crippen LogP contribution in [0.3, 0.4) is 0 Å². The van der Waals surface area contributed by atoms with E-state index in [0.29, 0.717) is 10.6 Å². The smallest absolute Gasteiger partial charge is 0.175 e. The van der Waals surface area contributed by atoms with Crippen molar-refractivity contribution in [3.63, 3.8) is 0 Å². The van der Waals surface area contributed by atoms with E-state index < -0.39 is 15.4 Å². The van der Waals surface area contributed by atoms with Crippen molar-refractivity contribution in [2.24, 2.45) is 0 Å². The van der Waals surface area contributed by atoms with Crippen LogP contribution in [-0.4, -0.2) is 29.6 Å². The molecular weight excluding hydrogens is 380 g/mol. The second-order valence-corrected chi connectivity index (χ2v) is 10.3. The second kappa shape index (κ2) is 7.22. The lowest BCUT2D eigenvalue weighted by Crippen LogP contribution is -2.16. The molecule has 1 aromatic carbocycles. The molecule has 0 amide bonds. The normalized spacial score (nSPS) is 12.5. The molecule has 27 heavy (non-hydrogen) atoms. The number of benzene rings is 1. The van der Waals surface area contributed by atoms with Crippen LogP contribution in [-0.2, 0) is 22.0 Å². The van der Waals surface area contributed by atoms with Crippen LogP contribution >= 0.6 is 11.3 Å². The Balaban J connectivity index is 2.03. The first-order valence-corrected chi connectivity index (χ1v) is 11.5. The number of sulfone groups is 1. The van der Waals surface area contributed by atoms with E-state index in [0.717, 1.165) is 34.0 Å². The van der Waals surface area contributed by atoms with Crippen molar-refractivity contribution in [1.82, 2.24) is 9.78 Å². The van der Waals surface area contributed by atoms with E-state index in [1.54, 1.807) is 43.4 Å².